The van der Waals surface area contributed by atoms with Gasteiger partial charge in [-0.2, -0.15) is 5.10 Å². The van der Waals surface area contributed by atoms with E-state index in [0.717, 1.165) is 35.8 Å². The summed E-state index contributed by atoms with van der Waals surface area (Å²) in [6.45, 7) is 2.97. The van der Waals surface area contributed by atoms with Crippen LogP contribution in [0.1, 0.15) is 24.2 Å². The minimum atomic E-state index is 0.861. The van der Waals surface area contributed by atoms with Crippen molar-refractivity contribution in [3.8, 4) is 0 Å². The third-order valence-electron chi connectivity index (χ3n) is 3.68. The highest BCUT2D eigenvalue weighted by Gasteiger charge is 2.25. The van der Waals surface area contributed by atoms with Gasteiger partial charge < -0.3 is 0 Å². The van der Waals surface area contributed by atoms with Gasteiger partial charge in [0.25, 0.3) is 0 Å². The van der Waals surface area contributed by atoms with E-state index in [9.17, 15) is 0 Å². The Kier molecular flexibility index (Phi) is 4.17. The van der Waals surface area contributed by atoms with Crippen LogP contribution in [0.5, 0.6) is 0 Å². The first-order valence-electron chi connectivity index (χ1n) is 7.00. The molecule has 5 heteroatoms. The Morgan fingerprint density at radius 2 is 2.20 bits per heavy atom. The van der Waals surface area contributed by atoms with Gasteiger partial charge in [0.15, 0.2) is 0 Å². The molecule has 1 aliphatic carbocycles. The number of hydrogen-bond donors (Lipinski definition) is 0. The van der Waals surface area contributed by atoms with Crippen LogP contribution in [-0.2, 0) is 20.1 Å². The van der Waals surface area contributed by atoms with Gasteiger partial charge in [-0.3, -0.25) is 9.58 Å². The van der Waals surface area contributed by atoms with Crippen LogP contribution in [0.2, 0.25) is 0 Å². The summed E-state index contributed by atoms with van der Waals surface area (Å²) >= 11 is 3.54. The third-order valence-corrected chi connectivity index (χ3v) is 4.17. The van der Waals surface area contributed by atoms with E-state index in [0.29, 0.717) is 0 Å². The topological polar surface area (TPSA) is 34.0 Å². The highest BCUT2D eigenvalue weighted by Crippen LogP contribution is 2.30. The maximum Gasteiger partial charge on any atom is 0.140 e. The predicted octanol–water partition coefficient (Wildman–Crippen LogP) is 2.99. The van der Waals surface area contributed by atoms with Gasteiger partial charge in [-0.05, 0) is 36.5 Å². The van der Waals surface area contributed by atoms with Crippen molar-refractivity contribution >= 4 is 15.9 Å². The number of halogens is 1. The normalized spacial score (nSPS) is 14.9. The zero-order valence-corrected chi connectivity index (χ0v) is 13.3. The molecule has 0 spiro atoms. The average Bonchev–Trinajstić information content (AvgIpc) is 3.13. The van der Waals surface area contributed by atoms with E-state index in [2.05, 4.69) is 55.2 Å². The van der Waals surface area contributed by atoms with Gasteiger partial charge in [0.1, 0.15) is 12.2 Å². The first kappa shape index (κ1) is 13.8. The van der Waals surface area contributed by atoms with Crippen LogP contribution < -0.4 is 0 Å². The first-order chi connectivity index (χ1) is 9.70. The predicted molar refractivity (Wildman–Crippen MR) is 82.0 cm³/mol. The molecule has 1 fully saturated rings. The molecule has 0 radical (unpaired) electrons. The van der Waals surface area contributed by atoms with Crippen molar-refractivity contribution in [2.75, 3.05) is 6.54 Å². The molecular weight excluding hydrogens is 316 g/mol. The number of nitrogens with zero attached hydrogens (tertiary/aromatic N) is 4. The van der Waals surface area contributed by atoms with Crippen molar-refractivity contribution in [3.05, 3.63) is 46.5 Å². The minimum absolute atomic E-state index is 0.861. The van der Waals surface area contributed by atoms with E-state index in [4.69, 9.17) is 0 Å². The summed E-state index contributed by atoms with van der Waals surface area (Å²) in [5, 5.41) is 4.16. The summed E-state index contributed by atoms with van der Waals surface area (Å²) in [7, 11) is 1.96. The summed E-state index contributed by atoms with van der Waals surface area (Å²) in [5.41, 5.74) is 1.34. The summed E-state index contributed by atoms with van der Waals surface area (Å²) in [6, 6.07) is 8.53. The summed E-state index contributed by atoms with van der Waals surface area (Å²) in [6.07, 6.45) is 4.37. The first-order valence-corrected chi connectivity index (χ1v) is 7.79. The van der Waals surface area contributed by atoms with E-state index in [-0.39, 0.29) is 0 Å². The fourth-order valence-electron chi connectivity index (χ4n) is 2.41. The Morgan fingerprint density at radius 3 is 2.85 bits per heavy atom. The summed E-state index contributed by atoms with van der Waals surface area (Å²) in [5.74, 6) is 1.90. The van der Waals surface area contributed by atoms with E-state index in [1.54, 1.807) is 6.33 Å². The van der Waals surface area contributed by atoms with Crippen molar-refractivity contribution in [2.45, 2.75) is 25.9 Å². The third kappa shape index (κ3) is 3.67. The summed E-state index contributed by atoms with van der Waals surface area (Å²) < 4.78 is 3.00. The molecule has 1 aliphatic rings. The Balaban J connectivity index is 1.70. The lowest BCUT2D eigenvalue weighted by Gasteiger charge is -2.21. The number of aromatic nitrogens is 3. The Bertz CT molecular complexity index is 577. The van der Waals surface area contributed by atoms with Crippen molar-refractivity contribution in [1.82, 2.24) is 19.7 Å². The maximum absolute atomic E-state index is 4.34. The highest BCUT2D eigenvalue weighted by molar-refractivity contribution is 9.10. The molecule has 1 heterocycles. The largest absolute Gasteiger partial charge is 0.291 e. The molecule has 0 N–H and O–H groups in total. The van der Waals surface area contributed by atoms with Crippen LogP contribution >= 0.6 is 15.9 Å². The molecule has 0 bridgehead atoms. The standard InChI is InChI=1S/C15H19BrN4/c1-19-15(17-11-18-19)10-20(8-12-5-6-12)9-13-3-2-4-14(16)7-13/h2-4,7,11-12H,5-6,8-10H2,1H3. The average molecular weight is 335 g/mol. The lowest BCUT2D eigenvalue weighted by molar-refractivity contribution is 0.236. The Morgan fingerprint density at radius 1 is 1.35 bits per heavy atom. The monoisotopic (exact) mass is 334 g/mol. The molecule has 0 unspecified atom stereocenters. The molecule has 1 aromatic heterocycles. The Labute approximate surface area is 127 Å². The van der Waals surface area contributed by atoms with Crippen LogP contribution in [-0.4, -0.2) is 26.2 Å². The van der Waals surface area contributed by atoms with Crippen LogP contribution in [0.15, 0.2) is 35.1 Å². The zero-order valence-electron chi connectivity index (χ0n) is 11.7. The van der Waals surface area contributed by atoms with Gasteiger partial charge in [-0.25, -0.2) is 4.98 Å². The summed E-state index contributed by atoms with van der Waals surface area (Å²) in [4.78, 5) is 6.82. The maximum atomic E-state index is 4.34. The molecule has 1 saturated carbocycles. The van der Waals surface area contributed by atoms with E-state index in [1.807, 2.05) is 11.7 Å². The molecule has 20 heavy (non-hydrogen) atoms. The molecule has 4 nitrogen and oxygen atoms in total. The van der Waals surface area contributed by atoms with Crippen LogP contribution in [0.25, 0.3) is 0 Å². The number of benzene rings is 1. The van der Waals surface area contributed by atoms with Crippen LogP contribution in [0.3, 0.4) is 0 Å². The SMILES string of the molecule is Cn1ncnc1CN(Cc1cccc(Br)c1)CC1CC1. The molecule has 0 aliphatic heterocycles. The van der Waals surface area contributed by atoms with Gasteiger partial charge in [0, 0.05) is 24.6 Å². The van der Waals surface area contributed by atoms with Crippen molar-refractivity contribution in [3.63, 3.8) is 0 Å². The number of aryl methyl sites for hydroxylation is 1. The quantitative estimate of drug-likeness (QED) is 0.814. The van der Waals surface area contributed by atoms with Gasteiger partial charge in [-0.1, -0.05) is 28.1 Å². The lowest BCUT2D eigenvalue weighted by atomic mass is 10.2. The Hall–Kier alpha value is -1.20. The second-order valence-corrected chi connectivity index (χ2v) is 6.46. The van der Waals surface area contributed by atoms with Crippen LogP contribution in [0.4, 0.5) is 0 Å². The number of hydrogen-bond acceptors (Lipinski definition) is 3. The number of rotatable bonds is 6. The molecule has 3 rings (SSSR count). The van der Waals surface area contributed by atoms with E-state index < -0.39 is 0 Å². The smallest absolute Gasteiger partial charge is 0.140 e. The zero-order chi connectivity index (χ0) is 13.9. The van der Waals surface area contributed by atoms with Gasteiger partial charge in [0.05, 0.1) is 6.54 Å². The second kappa shape index (κ2) is 6.06. The molecule has 1 aromatic carbocycles. The van der Waals surface area contributed by atoms with E-state index >= 15 is 0 Å². The van der Waals surface area contributed by atoms with Gasteiger partial charge >= 0.3 is 0 Å². The van der Waals surface area contributed by atoms with Gasteiger partial charge in [-0.15, -0.1) is 0 Å². The molecular formula is C15H19BrN4. The highest BCUT2D eigenvalue weighted by atomic mass is 79.9. The molecule has 0 amide bonds. The van der Waals surface area contributed by atoms with Crippen molar-refractivity contribution < 1.29 is 0 Å². The minimum Gasteiger partial charge on any atom is -0.291 e. The fourth-order valence-corrected chi connectivity index (χ4v) is 2.85. The van der Waals surface area contributed by atoms with Crippen molar-refractivity contribution in [1.29, 1.82) is 0 Å². The van der Waals surface area contributed by atoms with Crippen LogP contribution in [0, 0.1) is 5.92 Å². The molecule has 2 aromatic rings. The fraction of sp³-hybridized carbons (Fsp3) is 0.467. The second-order valence-electron chi connectivity index (χ2n) is 5.54. The molecule has 0 saturated heterocycles. The molecule has 106 valence electrons. The van der Waals surface area contributed by atoms with Gasteiger partial charge in [0.2, 0.25) is 0 Å². The van der Waals surface area contributed by atoms with Crippen molar-refractivity contribution in [2.24, 2.45) is 13.0 Å². The molecule has 0 atom stereocenters. The van der Waals surface area contributed by atoms with E-state index in [1.165, 1.54) is 18.4 Å². The lowest BCUT2D eigenvalue weighted by Crippen LogP contribution is -2.26.